The number of nitrogens with zero attached hydrogens (tertiary/aromatic N) is 3. The zero-order valence-electron chi connectivity index (χ0n) is 8.41. The van der Waals surface area contributed by atoms with Gasteiger partial charge in [0.15, 0.2) is 0 Å². The van der Waals surface area contributed by atoms with Crippen molar-refractivity contribution in [3.8, 4) is 0 Å². The maximum absolute atomic E-state index is 4.13. The van der Waals surface area contributed by atoms with E-state index in [-0.39, 0.29) is 5.54 Å². The summed E-state index contributed by atoms with van der Waals surface area (Å²) in [5.74, 6) is 0. The quantitative estimate of drug-likeness (QED) is 0.602. The van der Waals surface area contributed by atoms with Crippen molar-refractivity contribution in [1.82, 2.24) is 15.1 Å². The molecule has 1 aromatic rings. The van der Waals surface area contributed by atoms with Crippen LogP contribution in [-0.4, -0.2) is 20.6 Å². The van der Waals surface area contributed by atoms with Crippen LogP contribution in [0.4, 0.5) is 0 Å². The monoisotopic (exact) mass is 177 g/mol. The van der Waals surface area contributed by atoms with E-state index in [1.165, 1.54) is 5.56 Å². The van der Waals surface area contributed by atoms with E-state index in [1.54, 1.807) is 6.20 Å². The summed E-state index contributed by atoms with van der Waals surface area (Å²) in [5, 5.41) is 8.03. The molecule has 0 fully saturated rings. The average Bonchev–Trinajstić information content (AvgIpc) is 2.45. The molecule has 0 N–H and O–H groups in total. The molecule has 1 aliphatic rings. The van der Waals surface area contributed by atoms with Crippen LogP contribution < -0.4 is 0 Å². The number of hydrogen-bond donors (Lipinski definition) is 0. The molecule has 2 heterocycles. The van der Waals surface area contributed by atoms with Crippen molar-refractivity contribution >= 4 is 0 Å². The van der Waals surface area contributed by atoms with Gasteiger partial charge in [0.25, 0.3) is 0 Å². The van der Waals surface area contributed by atoms with Crippen molar-refractivity contribution < 1.29 is 0 Å². The Labute approximate surface area is 78.8 Å². The van der Waals surface area contributed by atoms with Crippen molar-refractivity contribution in [2.75, 3.05) is 0 Å². The van der Waals surface area contributed by atoms with Crippen molar-refractivity contribution in [3.63, 3.8) is 0 Å². The Balaban J connectivity index is 2.23. The molecular formula is C10H15N3. The summed E-state index contributed by atoms with van der Waals surface area (Å²) in [6.45, 7) is 8.63. The highest BCUT2D eigenvalue weighted by atomic mass is 15.2. The highest BCUT2D eigenvalue weighted by Crippen LogP contribution is 2.26. The van der Waals surface area contributed by atoms with Crippen LogP contribution in [0.25, 0.3) is 0 Å². The van der Waals surface area contributed by atoms with E-state index in [2.05, 4.69) is 41.9 Å². The molecule has 70 valence electrons. The lowest BCUT2D eigenvalue weighted by molar-refractivity contribution is 0.135. The first-order valence-corrected chi connectivity index (χ1v) is 4.62. The third-order valence-corrected chi connectivity index (χ3v) is 2.54. The summed E-state index contributed by atoms with van der Waals surface area (Å²) in [6.07, 6.45) is 1.77. The normalized spacial score (nSPS) is 17.5. The van der Waals surface area contributed by atoms with Gasteiger partial charge < -0.3 is 0 Å². The van der Waals surface area contributed by atoms with E-state index in [0.717, 1.165) is 18.8 Å². The molecule has 13 heavy (non-hydrogen) atoms. The Hall–Kier alpha value is -0.960. The van der Waals surface area contributed by atoms with Crippen LogP contribution in [0, 0.1) is 0 Å². The van der Waals surface area contributed by atoms with Gasteiger partial charge in [0.2, 0.25) is 0 Å². The van der Waals surface area contributed by atoms with Gasteiger partial charge in [-0.2, -0.15) is 10.2 Å². The highest BCUT2D eigenvalue weighted by molar-refractivity contribution is 5.22. The summed E-state index contributed by atoms with van der Waals surface area (Å²) in [7, 11) is 0. The molecule has 3 heteroatoms. The molecule has 0 unspecified atom stereocenters. The molecule has 0 saturated heterocycles. The summed E-state index contributed by atoms with van der Waals surface area (Å²) in [5.41, 5.74) is 2.68. The summed E-state index contributed by atoms with van der Waals surface area (Å²) in [4.78, 5) is 2.41. The summed E-state index contributed by atoms with van der Waals surface area (Å²) >= 11 is 0. The van der Waals surface area contributed by atoms with Crippen molar-refractivity contribution in [1.29, 1.82) is 0 Å². The van der Waals surface area contributed by atoms with E-state index in [1.807, 2.05) is 0 Å². The van der Waals surface area contributed by atoms with Gasteiger partial charge in [0.1, 0.15) is 0 Å². The van der Waals surface area contributed by atoms with Gasteiger partial charge in [0, 0.05) is 24.8 Å². The van der Waals surface area contributed by atoms with Crippen molar-refractivity contribution in [3.05, 3.63) is 23.5 Å². The molecule has 0 aromatic carbocycles. The van der Waals surface area contributed by atoms with Crippen LogP contribution in [0.1, 0.15) is 32.0 Å². The molecule has 0 bridgehead atoms. The second-order valence-electron chi connectivity index (χ2n) is 4.53. The van der Waals surface area contributed by atoms with E-state index < -0.39 is 0 Å². The fourth-order valence-electron chi connectivity index (χ4n) is 1.58. The smallest absolute Gasteiger partial charge is 0.0816 e. The Morgan fingerprint density at radius 1 is 1.31 bits per heavy atom. The molecule has 2 rings (SSSR count). The molecule has 1 aliphatic heterocycles. The molecule has 1 aromatic heterocycles. The Morgan fingerprint density at radius 3 is 2.69 bits per heavy atom. The maximum Gasteiger partial charge on any atom is 0.0816 e. The van der Waals surface area contributed by atoms with Gasteiger partial charge >= 0.3 is 0 Å². The molecule has 0 amide bonds. The van der Waals surface area contributed by atoms with Crippen LogP contribution in [0.15, 0.2) is 12.3 Å². The molecule has 0 radical (unpaired) electrons. The summed E-state index contributed by atoms with van der Waals surface area (Å²) in [6, 6.07) is 2.06. The van der Waals surface area contributed by atoms with Gasteiger partial charge in [-0.15, -0.1) is 0 Å². The zero-order chi connectivity index (χ0) is 9.47. The standard InChI is InChI=1S/C10H15N3/c1-10(2,3)13-6-8-4-5-11-12-9(8)7-13/h4-5H,6-7H2,1-3H3. The van der Waals surface area contributed by atoms with Crippen LogP contribution >= 0.6 is 0 Å². The lowest BCUT2D eigenvalue weighted by Crippen LogP contribution is -2.36. The fourth-order valence-corrected chi connectivity index (χ4v) is 1.58. The lowest BCUT2D eigenvalue weighted by atomic mass is 10.1. The third-order valence-electron chi connectivity index (χ3n) is 2.54. The highest BCUT2D eigenvalue weighted by Gasteiger charge is 2.28. The number of hydrogen-bond acceptors (Lipinski definition) is 3. The molecule has 0 spiro atoms. The Bertz CT molecular complexity index is 289. The van der Waals surface area contributed by atoms with Crippen LogP contribution in [-0.2, 0) is 13.1 Å². The first kappa shape index (κ1) is 8.63. The molecule has 0 atom stereocenters. The average molecular weight is 177 g/mol. The minimum absolute atomic E-state index is 0.223. The Morgan fingerprint density at radius 2 is 2.08 bits per heavy atom. The first-order valence-electron chi connectivity index (χ1n) is 4.62. The van der Waals surface area contributed by atoms with Crippen LogP contribution in [0.5, 0.6) is 0 Å². The zero-order valence-corrected chi connectivity index (χ0v) is 8.41. The lowest BCUT2D eigenvalue weighted by Gasteiger charge is -2.30. The maximum atomic E-state index is 4.13. The van der Waals surface area contributed by atoms with Crippen LogP contribution in [0.2, 0.25) is 0 Å². The molecule has 0 aliphatic carbocycles. The van der Waals surface area contributed by atoms with Gasteiger partial charge in [-0.05, 0) is 32.4 Å². The molecular weight excluding hydrogens is 162 g/mol. The number of fused-ring (bicyclic) bond motifs is 1. The van der Waals surface area contributed by atoms with Gasteiger partial charge in [-0.1, -0.05) is 0 Å². The largest absolute Gasteiger partial charge is 0.288 e. The second kappa shape index (κ2) is 2.77. The number of rotatable bonds is 0. The van der Waals surface area contributed by atoms with Gasteiger partial charge in [-0.3, -0.25) is 4.90 Å². The SMILES string of the molecule is CC(C)(C)N1Cc2ccnnc2C1. The van der Waals surface area contributed by atoms with E-state index in [9.17, 15) is 0 Å². The van der Waals surface area contributed by atoms with Gasteiger partial charge in [-0.25, -0.2) is 0 Å². The third kappa shape index (κ3) is 1.56. The van der Waals surface area contributed by atoms with Gasteiger partial charge in [0.05, 0.1) is 5.69 Å². The van der Waals surface area contributed by atoms with E-state index in [0.29, 0.717) is 0 Å². The van der Waals surface area contributed by atoms with Crippen LogP contribution in [0.3, 0.4) is 0 Å². The minimum Gasteiger partial charge on any atom is -0.288 e. The second-order valence-corrected chi connectivity index (χ2v) is 4.53. The topological polar surface area (TPSA) is 29.0 Å². The molecule has 0 saturated carbocycles. The van der Waals surface area contributed by atoms with E-state index >= 15 is 0 Å². The van der Waals surface area contributed by atoms with E-state index in [4.69, 9.17) is 0 Å². The van der Waals surface area contributed by atoms with Crippen molar-refractivity contribution in [2.45, 2.75) is 39.4 Å². The summed E-state index contributed by atoms with van der Waals surface area (Å²) < 4.78 is 0. The predicted octanol–water partition coefficient (Wildman–Crippen LogP) is 1.59. The number of aromatic nitrogens is 2. The fraction of sp³-hybridized carbons (Fsp3) is 0.600. The minimum atomic E-state index is 0.223. The van der Waals surface area contributed by atoms with Crippen molar-refractivity contribution in [2.24, 2.45) is 0 Å². The Kier molecular flexibility index (Phi) is 1.84. The predicted molar refractivity (Wildman–Crippen MR) is 51.0 cm³/mol. The molecule has 3 nitrogen and oxygen atoms in total. The first-order chi connectivity index (χ1) is 6.07.